The topological polar surface area (TPSA) is 66.8 Å². The van der Waals surface area contributed by atoms with Crippen LogP contribution in [0.25, 0.3) is 0 Å². The van der Waals surface area contributed by atoms with Crippen molar-refractivity contribution in [1.82, 2.24) is 0 Å². The number of nitrogens with zero attached hydrogens (tertiary/aromatic N) is 1. The number of anilines is 1. The highest BCUT2D eigenvalue weighted by molar-refractivity contribution is 7.80. The van der Waals surface area contributed by atoms with Crippen molar-refractivity contribution in [3.8, 4) is 0 Å². The van der Waals surface area contributed by atoms with E-state index in [1.54, 1.807) is 4.90 Å². The second-order valence-corrected chi connectivity index (χ2v) is 5.15. The van der Waals surface area contributed by atoms with Crippen molar-refractivity contribution in [2.75, 3.05) is 24.6 Å². The summed E-state index contributed by atoms with van der Waals surface area (Å²) in [5.74, 6) is 0. The summed E-state index contributed by atoms with van der Waals surface area (Å²) in [5, 5.41) is 0.422. The lowest BCUT2D eigenvalue weighted by molar-refractivity contribution is 0.274. The third-order valence-electron chi connectivity index (χ3n) is 2.08. The zero-order valence-electron chi connectivity index (χ0n) is 9.62. The van der Waals surface area contributed by atoms with Crippen LogP contribution in [-0.4, -0.2) is 32.7 Å². The molecule has 0 aliphatic heterocycles. The molecule has 18 heavy (non-hydrogen) atoms. The maximum atomic E-state index is 10.4. The van der Waals surface area contributed by atoms with Crippen molar-refractivity contribution >= 4 is 27.7 Å². The second kappa shape index (κ2) is 6.75. The predicted molar refractivity (Wildman–Crippen MR) is 71.1 cm³/mol. The van der Waals surface area contributed by atoms with Crippen molar-refractivity contribution in [3.63, 3.8) is 0 Å². The lowest BCUT2D eigenvalue weighted by atomic mass is 10.3. The van der Waals surface area contributed by atoms with Crippen LogP contribution in [0, 0.1) is 0 Å². The number of benzene rings is 1. The van der Waals surface area contributed by atoms with E-state index in [1.807, 2.05) is 30.3 Å². The van der Waals surface area contributed by atoms with Crippen LogP contribution < -0.4 is 4.90 Å². The third-order valence-corrected chi connectivity index (χ3v) is 2.66. The van der Waals surface area contributed by atoms with E-state index in [9.17, 15) is 8.42 Å². The maximum Gasteiger partial charge on any atom is 0.397 e. The maximum absolute atomic E-state index is 10.4. The lowest BCUT2D eigenvalue weighted by Crippen LogP contribution is -2.29. The van der Waals surface area contributed by atoms with Gasteiger partial charge in [0.05, 0.1) is 13.2 Å². The van der Waals surface area contributed by atoms with Gasteiger partial charge in [0.15, 0.2) is 0 Å². The highest BCUT2D eigenvalue weighted by Crippen LogP contribution is 2.15. The zero-order chi connectivity index (χ0) is 13.6. The van der Waals surface area contributed by atoms with Gasteiger partial charge in [-0.1, -0.05) is 36.4 Å². The van der Waals surface area contributed by atoms with Gasteiger partial charge in [-0.25, -0.2) is 4.18 Å². The summed E-state index contributed by atoms with van der Waals surface area (Å²) in [6.45, 7) is 4.04. The van der Waals surface area contributed by atoms with Crippen molar-refractivity contribution in [2.24, 2.45) is 0 Å². The summed E-state index contributed by atoms with van der Waals surface area (Å²) in [5.41, 5.74) is 0.859. The largest absolute Gasteiger partial charge is 0.397 e. The highest BCUT2D eigenvalue weighted by atomic mass is 35.5. The second-order valence-electron chi connectivity index (χ2n) is 3.52. The molecule has 1 aromatic rings. The molecule has 0 radical (unpaired) electrons. The normalized spacial score (nSPS) is 11.2. The minimum absolute atomic E-state index is 0.169. The monoisotopic (exact) mass is 291 g/mol. The van der Waals surface area contributed by atoms with Crippen LogP contribution in [0.2, 0.25) is 0 Å². The Labute approximate surface area is 112 Å². The molecule has 0 aliphatic carbocycles. The molecule has 7 heteroatoms. The average molecular weight is 292 g/mol. The van der Waals surface area contributed by atoms with Gasteiger partial charge >= 0.3 is 10.4 Å². The fourth-order valence-corrected chi connectivity index (χ4v) is 1.83. The summed E-state index contributed by atoms with van der Waals surface area (Å²) in [6.07, 6.45) is 0. The summed E-state index contributed by atoms with van der Waals surface area (Å²) in [4.78, 5) is 1.79. The Morgan fingerprint density at radius 1 is 1.39 bits per heavy atom. The van der Waals surface area contributed by atoms with Crippen LogP contribution in [0.5, 0.6) is 0 Å². The van der Waals surface area contributed by atoms with Crippen LogP contribution in [-0.2, 0) is 14.6 Å². The molecule has 1 rings (SSSR count). The molecule has 0 bridgehead atoms. The Kier molecular flexibility index (Phi) is 5.61. The van der Waals surface area contributed by atoms with Crippen molar-refractivity contribution in [3.05, 3.63) is 41.9 Å². The first-order chi connectivity index (χ1) is 8.38. The van der Waals surface area contributed by atoms with Gasteiger partial charge in [0, 0.05) is 17.3 Å². The molecule has 1 N–H and O–H groups in total. The molecular formula is C11H14ClNO4S. The molecule has 0 heterocycles. The van der Waals surface area contributed by atoms with Crippen molar-refractivity contribution in [2.45, 2.75) is 0 Å². The van der Waals surface area contributed by atoms with E-state index >= 15 is 0 Å². The van der Waals surface area contributed by atoms with Gasteiger partial charge in [-0.15, -0.1) is 0 Å². The number of rotatable bonds is 7. The van der Waals surface area contributed by atoms with Gasteiger partial charge in [0.25, 0.3) is 0 Å². The van der Waals surface area contributed by atoms with Crippen LogP contribution in [0.3, 0.4) is 0 Å². The van der Waals surface area contributed by atoms with Gasteiger partial charge in [-0.2, -0.15) is 8.42 Å². The molecule has 0 fully saturated rings. The van der Waals surface area contributed by atoms with Gasteiger partial charge in [0.2, 0.25) is 0 Å². The number of halogens is 1. The quantitative estimate of drug-likeness (QED) is 0.779. The first-order valence-corrected chi connectivity index (χ1v) is 6.88. The van der Waals surface area contributed by atoms with Gasteiger partial charge in [-0.3, -0.25) is 4.55 Å². The predicted octanol–water partition coefficient (Wildman–Crippen LogP) is 2.06. The Balaban J connectivity index is 2.65. The Hall–Kier alpha value is -1.08. The molecule has 0 saturated heterocycles. The third kappa shape index (κ3) is 6.02. The first-order valence-electron chi connectivity index (χ1n) is 5.13. The van der Waals surface area contributed by atoms with Gasteiger partial charge in [0.1, 0.15) is 0 Å². The molecule has 0 aromatic heterocycles. The van der Waals surface area contributed by atoms with E-state index in [0.29, 0.717) is 11.6 Å². The first kappa shape index (κ1) is 15.0. The van der Waals surface area contributed by atoms with Crippen LogP contribution >= 0.6 is 11.6 Å². The van der Waals surface area contributed by atoms with Crippen LogP contribution in [0.15, 0.2) is 41.9 Å². The SMILES string of the molecule is C=C(Cl)CN(CCOS(=O)(=O)O)c1ccccc1. The lowest BCUT2D eigenvalue weighted by Gasteiger charge is -2.23. The van der Waals surface area contributed by atoms with E-state index in [2.05, 4.69) is 10.8 Å². The van der Waals surface area contributed by atoms with E-state index in [-0.39, 0.29) is 13.2 Å². The van der Waals surface area contributed by atoms with Gasteiger partial charge < -0.3 is 4.90 Å². The minimum Gasteiger partial charge on any atom is -0.364 e. The average Bonchev–Trinajstić information content (AvgIpc) is 2.27. The molecule has 5 nitrogen and oxygen atoms in total. The van der Waals surface area contributed by atoms with Crippen molar-refractivity contribution < 1.29 is 17.2 Å². The molecule has 0 saturated carbocycles. The van der Waals surface area contributed by atoms with Crippen LogP contribution in [0.1, 0.15) is 0 Å². The van der Waals surface area contributed by atoms with E-state index in [4.69, 9.17) is 16.2 Å². The minimum atomic E-state index is -4.41. The summed E-state index contributed by atoms with van der Waals surface area (Å²) in [6, 6.07) is 9.28. The molecule has 1 aromatic carbocycles. The number of hydrogen-bond donors (Lipinski definition) is 1. The molecule has 0 aliphatic rings. The van der Waals surface area contributed by atoms with Gasteiger partial charge in [-0.05, 0) is 12.1 Å². The van der Waals surface area contributed by atoms with E-state index < -0.39 is 10.4 Å². The van der Waals surface area contributed by atoms with Crippen LogP contribution in [0.4, 0.5) is 5.69 Å². The molecule has 0 spiro atoms. The Morgan fingerprint density at radius 2 is 2.00 bits per heavy atom. The van der Waals surface area contributed by atoms with E-state index in [0.717, 1.165) is 5.69 Å². The fourth-order valence-electron chi connectivity index (χ4n) is 1.40. The van der Waals surface area contributed by atoms with E-state index in [1.165, 1.54) is 0 Å². The standard InChI is InChI=1S/C11H14ClNO4S/c1-10(12)9-13(7-8-17-18(14,15)16)11-5-3-2-4-6-11/h2-6H,1,7-9H2,(H,14,15,16). The smallest absolute Gasteiger partial charge is 0.364 e. The Morgan fingerprint density at radius 3 is 2.50 bits per heavy atom. The fraction of sp³-hybridized carbons (Fsp3) is 0.273. The molecule has 0 amide bonds. The summed E-state index contributed by atoms with van der Waals surface area (Å²) >= 11 is 5.75. The summed E-state index contributed by atoms with van der Waals surface area (Å²) < 4.78 is 33.6. The molecule has 0 atom stereocenters. The van der Waals surface area contributed by atoms with Crippen molar-refractivity contribution in [1.29, 1.82) is 0 Å². The molecule has 100 valence electrons. The zero-order valence-corrected chi connectivity index (χ0v) is 11.2. The Bertz CT molecular complexity index is 489. The number of hydrogen-bond acceptors (Lipinski definition) is 4. The molecule has 0 unspecified atom stereocenters. The number of para-hydroxylation sites is 1. The highest BCUT2D eigenvalue weighted by Gasteiger charge is 2.10. The molecular weight excluding hydrogens is 278 g/mol. The summed E-state index contributed by atoms with van der Waals surface area (Å²) in [7, 11) is -4.41.